The Balaban J connectivity index is 1.48. The first-order chi connectivity index (χ1) is 8.72. The van der Waals surface area contributed by atoms with E-state index in [1.807, 2.05) is 0 Å². The number of hydrogen-bond donors (Lipinski definition) is 2. The third-order valence-electron chi connectivity index (χ3n) is 5.80. The van der Waals surface area contributed by atoms with E-state index in [0.29, 0.717) is 0 Å². The maximum atomic E-state index is 12.4. The molecule has 4 aliphatic carbocycles. The second kappa shape index (κ2) is 3.96. The maximum absolute atomic E-state index is 12.4. The molecule has 1 atom stereocenters. The van der Waals surface area contributed by atoms with Gasteiger partial charge in [-0.25, -0.2) is 0 Å². The Morgan fingerprint density at radius 1 is 1.06 bits per heavy atom. The van der Waals surface area contributed by atoms with E-state index in [1.165, 1.54) is 38.5 Å². The molecule has 4 saturated carbocycles. The summed E-state index contributed by atoms with van der Waals surface area (Å²) in [5.74, 6) is 3.02. The Labute approximate surface area is 109 Å². The lowest BCUT2D eigenvalue weighted by atomic mass is 9.53. The molecule has 3 heteroatoms. The van der Waals surface area contributed by atoms with Crippen LogP contribution in [0.4, 0.5) is 0 Å². The molecule has 5 rings (SSSR count). The van der Waals surface area contributed by atoms with Crippen molar-refractivity contribution in [1.29, 1.82) is 0 Å². The number of amides is 1. The van der Waals surface area contributed by atoms with Crippen LogP contribution in [0.2, 0.25) is 0 Å². The molecule has 100 valence electrons. The second-order valence-corrected chi connectivity index (χ2v) is 7.34. The van der Waals surface area contributed by atoms with Crippen LogP contribution in [0.3, 0.4) is 0 Å². The Morgan fingerprint density at radius 2 is 1.67 bits per heavy atom. The molecule has 3 nitrogen and oxygen atoms in total. The van der Waals surface area contributed by atoms with Crippen molar-refractivity contribution in [2.24, 2.45) is 17.8 Å². The predicted octanol–water partition coefficient (Wildman–Crippen LogP) is 1.82. The molecule has 1 aliphatic heterocycles. The van der Waals surface area contributed by atoms with Crippen molar-refractivity contribution in [2.75, 3.05) is 6.54 Å². The minimum atomic E-state index is 0.0954. The zero-order chi connectivity index (χ0) is 12.2. The fourth-order valence-corrected chi connectivity index (χ4v) is 5.52. The number of nitrogens with one attached hydrogen (secondary N) is 2. The van der Waals surface area contributed by atoms with Crippen molar-refractivity contribution in [2.45, 2.75) is 62.9 Å². The van der Waals surface area contributed by atoms with Gasteiger partial charge in [0.15, 0.2) is 0 Å². The van der Waals surface area contributed by atoms with Crippen molar-refractivity contribution < 1.29 is 4.79 Å². The zero-order valence-corrected chi connectivity index (χ0v) is 11.1. The van der Waals surface area contributed by atoms with Gasteiger partial charge in [-0.1, -0.05) is 0 Å². The predicted molar refractivity (Wildman–Crippen MR) is 70.1 cm³/mol. The highest BCUT2D eigenvalue weighted by molar-refractivity contribution is 5.82. The van der Waals surface area contributed by atoms with Gasteiger partial charge in [-0.05, 0) is 75.7 Å². The van der Waals surface area contributed by atoms with Gasteiger partial charge in [0, 0.05) is 5.54 Å². The van der Waals surface area contributed by atoms with Crippen LogP contribution in [0.25, 0.3) is 0 Å². The summed E-state index contributed by atoms with van der Waals surface area (Å²) >= 11 is 0. The van der Waals surface area contributed by atoms with Gasteiger partial charge >= 0.3 is 0 Å². The first kappa shape index (κ1) is 11.3. The quantitative estimate of drug-likeness (QED) is 0.782. The van der Waals surface area contributed by atoms with Crippen molar-refractivity contribution >= 4 is 5.91 Å². The summed E-state index contributed by atoms with van der Waals surface area (Å²) in [7, 11) is 0. The molecule has 0 unspecified atom stereocenters. The van der Waals surface area contributed by atoms with Crippen molar-refractivity contribution in [3.8, 4) is 0 Å². The number of rotatable bonds is 2. The topological polar surface area (TPSA) is 41.1 Å². The smallest absolute Gasteiger partial charge is 0.237 e. The lowest BCUT2D eigenvalue weighted by Crippen LogP contribution is -2.61. The molecule has 5 aliphatic rings. The fourth-order valence-electron chi connectivity index (χ4n) is 5.52. The van der Waals surface area contributed by atoms with Gasteiger partial charge in [-0.15, -0.1) is 0 Å². The number of carbonyl (C=O) groups is 1. The molecule has 18 heavy (non-hydrogen) atoms. The van der Waals surface area contributed by atoms with Gasteiger partial charge in [0.2, 0.25) is 5.91 Å². The number of hydrogen-bond acceptors (Lipinski definition) is 2. The molecular weight excluding hydrogens is 224 g/mol. The molecule has 5 fully saturated rings. The van der Waals surface area contributed by atoms with Gasteiger partial charge in [-0.3, -0.25) is 4.79 Å². The van der Waals surface area contributed by atoms with E-state index >= 15 is 0 Å². The van der Waals surface area contributed by atoms with Crippen LogP contribution in [-0.2, 0) is 4.79 Å². The minimum Gasteiger partial charge on any atom is -0.349 e. The Bertz CT molecular complexity index is 324. The third kappa shape index (κ3) is 1.78. The van der Waals surface area contributed by atoms with Gasteiger partial charge in [0.25, 0.3) is 0 Å². The Morgan fingerprint density at radius 3 is 2.17 bits per heavy atom. The summed E-state index contributed by atoms with van der Waals surface area (Å²) in [6.45, 7) is 1.01. The lowest BCUT2D eigenvalue weighted by molar-refractivity contribution is -0.128. The molecule has 0 aromatic carbocycles. The van der Waals surface area contributed by atoms with E-state index in [9.17, 15) is 4.79 Å². The second-order valence-electron chi connectivity index (χ2n) is 7.34. The summed E-state index contributed by atoms with van der Waals surface area (Å²) in [5.41, 5.74) is 0.191. The molecule has 1 saturated heterocycles. The third-order valence-corrected chi connectivity index (χ3v) is 5.80. The Kier molecular flexibility index (Phi) is 2.48. The first-order valence-corrected chi connectivity index (χ1v) is 7.78. The number of carbonyl (C=O) groups excluding carboxylic acids is 1. The van der Waals surface area contributed by atoms with Crippen LogP contribution in [0.1, 0.15) is 51.4 Å². The van der Waals surface area contributed by atoms with Crippen LogP contribution in [0.5, 0.6) is 0 Å². The van der Waals surface area contributed by atoms with Gasteiger partial charge in [0.1, 0.15) is 0 Å². The fraction of sp³-hybridized carbons (Fsp3) is 0.933. The van der Waals surface area contributed by atoms with Crippen LogP contribution < -0.4 is 10.6 Å². The highest BCUT2D eigenvalue weighted by Gasteiger charge is 2.51. The molecule has 4 bridgehead atoms. The molecule has 1 amide bonds. The van der Waals surface area contributed by atoms with E-state index in [0.717, 1.165) is 37.1 Å². The van der Waals surface area contributed by atoms with Gasteiger partial charge < -0.3 is 10.6 Å². The van der Waals surface area contributed by atoms with Gasteiger partial charge in [0.05, 0.1) is 6.04 Å². The van der Waals surface area contributed by atoms with Crippen LogP contribution in [-0.4, -0.2) is 24.0 Å². The molecule has 0 radical (unpaired) electrons. The lowest BCUT2D eigenvalue weighted by Gasteiger charge is -2.57. The molecular formula is C15H24N2O. The van der Waals surface area contributed by atoms with E-state index < -0.39 is 0 Å². The van der Waals surface area contributed by atoms with Crippen LogP contribution in [0.15, 0.2) is 0 Å². The summed E-state index contributed by atoms with van der Waals surface area (Å²) in [6, 6.07) is 0.0954. The average Bonchev–Trinajstić information content (AvgIpc) is 2.79. The first-order valence-electron chi connectivity index (χ1n) is 7.78. The molecule has 2 N–H and O–H groups in total. The largest absolute Gasteiger partial charge is 0.349 e. The zero-order valence-electron chi connectivity index (χ0n) is 11.1. The van der Waals surface area contributed by atoms with E-state index in [2.05, 4.69) is 10.6 Å². The Hall–Kier alpha value is -0.570. The van der Waals surface area contributed by atoms with E-state index in [-0.39, 0.29) is 17.5 Å². The maximum Gasteiger partial charge on any atom is 0.237 e. The normalized spacial score (nSPS) is 49.6. The standard InChI is InChI=1S/C15H24N2O/c18-14(13-2-1-3-16-13)17-15-7-10-4-11(8-15)6-12(5-10)9-15/h10-13,16H,1-9H2,(H,17,18)/t10?,11?,12?,13-,15?/m1/s1. The molecule has 1 heterocycles. The minimum absolute atomic E-state index is 0.0954. The highest BCUT2D eigenvalue weighted by Crippen LogP contribution is 2.55. The average molecular weight is 248 g/mol. The summed E-state index contributed by atoms with van der Waals surface area (Å²) in [4.78, 5) is 12.4. The van der Waals surface area contributed by atoms with Crippen LogP contribution in [0, 0.1) is 17.8 Å². The summed E-state index contributed by atoms with van der Waals surface area (Å²) < 4.78 is 0. The monoisotopic (exact) mass is 248 g/mol. The van der Waals surface area contributed by atoms with Crippen molar-refractivity contribution in [3.05, 3.63) is 0 Å². The van der Waals surface area contributed by atoms with Gasteiger partial charge in [-0.2, -0.15) is 0 Å². The van der Waals surface area contributed by atoms with E-state index in [1.54, 1.807) is 0 Å². The highest BCUT2D eigenvalue weighted by atomic mass is 16.2. The van der Waals surface area contributed by atoms with Crippen molar-refractivity contribution in [3.63, 3.8) is 0 Å². The molecule has 0 aromatic rings. The van der Waals surface area contributed by atoms with Crippen molar-refractivity contribution in [1.82, 2.24) is 10.6 Å². The van der Waals surface area contributed by atoms with Crippen LogP contribution >= 0.6 is 0 Å². The SMILES string of the molecule is O=C(NC12CC3CC(CC(C3)C1)C2)[C@H]1CCCN1. The molecule has 0 aromatic heterocycles. The summed E-state index contributed by atoms with van der Waals surface area (Å²) in [5, 5.41) is 6.79. The summed E-state index contributed by atoms with van der Waals surface area (Å²) in [6.07, 6.45) is 10.3. The molecule has 0 spiro atoms. The van der Waals surface area contributed by atoms with E-state index in [4.69, 9.17) is 0 Å².